The zero-order valence-electron chi connectivity index (χ0n) is 13.3. The van der Waals surface area contributed by atoms with Gasteiger partial charge in [0.15, 0.2) is 0 Å². The molecule has 3 aromatic rings. The highest BCUT2D eigenvalue weighted by Crippen LogP contribution is 2.15. The molecule has 1 atom stereocenters. The van der Waals surface area contributed by atoms with Crippen LogP contribution in [-0.4, -0.2) is 34.0 Å². The van der Waals surface area contributed by atoms with Gasteiger partial charge in [0.05, 0.1) is 19.5 Å². The lowest BCUT2D eigenvalue weighted by Crippen LogP contribution is -2.23. The molecule has 0 aliphatic heterocycles. The number of imidazole rings is 1. The van der Waals surface area contributed by atoms with Crippen molar-refractivity contribution in [3.63, 3.8) is 0 Å². The standard InChI is InChI=1S/C19H20N2O3/c22-18(13-23-12-16-4-2-1-3-5-16)14-24-19-8-6-17(7-9-19)21-11-10-20-15-21/h1-11,15,18,22H,12-14H2. The highest BCUT2D eigenvalue weighted by atomic mass is 16.5. The maximum absolute atomic E-state index is 9.93. The van der Waals surface area contributed by atoms with Crippen molar-refractivity contribution in [1.29, 1.82) is 0 Å². The lowest BCUT2D eigenvalue weighted by molar-refractivity contribution is 0.00549. The molecule has 0 aliphatic rings. The SMILES string of the molecule is OC(COCc1ccccc1)COc1ccc(-n2ccnc2)cc1. The normalized spacial score (nSPS) is 12.0. The van der Waals surface area contributed by atoms with Crippen molar-refractivity contribution in [3.8, 4) is 11.4 Å². The molecular weight excluding hydrogens is 304 g/mol. The Morgan fingerprint density at radius 2 is 1.79 bits per heavy atom. The Balaban J connectivity index is 1.40. The first-order valence-corrected chi connectivity index (χ1v) is 7.82. The van der Waals surface area contributed by atoms with Crippen LogP contribution in [0.2, 0.25) is 0 Å². The molecule has 124 valence electrons. The fourth-order valence-electron chi connectivity index (χ4n) is 2.25. The molecule has 0 radical (unpaired) electrons. The van der Waals surface area contributed by atoms with Gasteiger partial charge in [-0.15, -0.1) is 0 Å². The second-order valence-corrected chi connectivity index (χ2v) is 5.43. The van der Waals surface area contributed by atoms with Crippen LogP contribution in [0.1, 0.15) is 5.56 Å². The molecule has 2 aromatic carbocycles. The van der Waals surface area contributed by atoms with E-state index in [1.807, 2.05) is 65.4 Å². The Morgan fingerprint density at radius 3 is 2.50 bits per heavy atom. The fraction of sp³-hybridized carbons (Fsp3) is 0.211. The van der Waals surface area contributed by atoms with E-state index in [2.05, 4.69) is 4.98 Å². The zero-order valence-corrected chi connectivity index (χ0v) is 13.3. The molecule has 0 aliphatic carbocycles. The minimum atomic E-state index is -0.665. The molecule has 0 bridgehead atoms. The average Bonchev–Trinajstić information content (AvgIpc) is 3.16. The van der Waals surface area contributed by atoms with E-state index in [1.165, 1.54) is 0 Å². The van der Waals surface area contributed by atoms with Crippen molar-refractivity contribution in [2.24, 2.45) is 0 Å². The van der Waals surface area contributed by atoms with Gasteiger partial charge in [0.25, 0.3) is 0 Å². The fourth-order valence-corrected chi connectivity index (χ4v) is 2.25. The van der Waals surface area contributed by atoms with Gasteiger partial charge >= 0.3 is 0 Å². The van der Waals surface area contributed by atoms with E-state index in [9.17, 15) is 5.11 Å². The Morgan fingerprint density at radius 1 is 1.00 bits per heavy atom. The molecule has 1 heterocycles. The number of ether oxygens (including phenoxy) is 2. The molecule has 0 saturated carbocycles. The summed E-state index contributed by atoms with van der Waals surface area (Å²) in [4.78, 5) is 4.02. The Kier molecular flexibility index (Phi) is 5.61. The van der Waals surface area contributed by atoms with E-state index < -0.39 is 6.10 Å². The first-order valence-electron chi connectivity index (χ1n) is 7.82. The van der Waals surface area contributed by atoms with Gasteiger partial charge in [0.1, 0.15) is 18.5 Å². The molecule has 24 heavy (non-hydrogen) atoms. The maximum Gasteiger partial charge on any atom is 0.119 e. The van der Waals surface area contributed by atoms with Gasteiger partial charge in [-0.05, 0) is 29.8 Å². The number of hydrogen-bond donors (Lipinski definition) is 1. The van der Waals surface area contributed by atoms with Crippen LogP contribution in [0.5, 0.6) is 5.75 Å². The van der Waals surface area contributed by atoms with E-state index >= 15 is 0 Å². The van der Waals surface area contributed by atoms with Crippen LogP contribution < -0.4 is 4.74 Å². The highest BCUT2D eigenvalue weighted by Gasteiger charge is 2.06. The zero-order chi connectivity index (χ0) is 16.6. The first-order chi connectivity index (χ1) is 11.8. The molecule has 5 heteroatoms. The Hall–Kier alpha value is -2.63. The number of benzene rings is 2. The van der Waals surface area contributed by atoms with Crippen LogP contribution in [0, 0.1) is 0 Å². The van der Waals surface area contributed by atoms with Crippen LogP contribution >= 0.6 is 0 Å². The lowest BCUT2D eigenvalue weighted by Gasteiger charge is -2.13. The summed E-state index contributed by atoms with van der Waals surface area (Å²) in [6.07, 6.45) is 4.69. The summed E-state index contributed by atoms with van der Waals surface area (Å²) in [5.41, 5.74) is 2.09. The summed E-state index contributed by atoms with van der Waals surface area (Å²) in [7, 11) is 0. The van der Waals surface area contributed by atoms with Crippen LogP contribution in [0.3, 0.4) is 0 Å². The number of aliphatic hydroxyl groups is 1. The molecule has 0 fully saturated rings. The Bertz CT molecular complexity index is 712. The summed E-state index contributed by atoms with van der Waals surface area (Å²) < 4.78 is 13.0. The molecule has 0 saturated heterocycles. The van der Waals surface area contributed by atoms with Crippen molar-refractivity contribution >= 4 is 0 Å². The second kappa shape index (κ2) is 8.29. The molecule has 1 aromatic heterocycles. The van der Waals surface area contributed by atoms with Crippen LogP contribution in [0.15, 0.2) is 73.3 Å². The van der Waals surface area contributed by atoms with Crippen molar-refractivity contribution in [2.75, 3.05) is 13.2 Å². The highest BCUT2D eigenvalue weighted by molar-refractivity contribution is 5.37. The van der Waals surface area contributed by atoms with Crippen molar-refractivity contribution in [1.82, 2.24) is 9.55 Å². The number of hydrogen-bond acceptors (Lipinski definition) is 4. The summed E-state index contributed by atoms with van der Waals surface area (Å²) in [5, 5.41) is 9.93. The summed E-state index contributed by atoms with van der Waals surface area (Å²) in [6.45, 7) is 0.915. The molecule has 1 N–H and O–H groups in total. The van der Waals surface area contributed by atoms with E-state index in [0.29, 0.717) is 12.4 Å². The number of rotatable bonds is 8. The van der Waals surface area contributed by atoms with Gasteiger partial charge in [-0.1, -0.05) is 30.3 Å². The average molecular weight is 324 g/mol. The summed E-state index contributed by atoms with van der Waals surface area (Å²) in [5.74, 6) is 0.709. The van der Waals surface area contributed by atoms with Crippen molar-refractivity contribution in [2.45, 2.75) is 12.7 Å². The smallest absolute Gasteiger partial charge is 0.119 e. The van der Waals surface area contributed by atoms with Crippen LogP contribution in [-0.2, 0) is 11.3 Å². The van der Waals surface area contributed by atoms with E-state index in [1.54, 1.807) is 12.5 Å². The summed E-state index contributed by atoms with van der Waals surface area (Å²) >= 11 is 0. The van der Waals surface area contributed by atoms with Gasteiger partial charge in [-0.2, -0.15) is 0 Å². The first kappa shape index (κ1) is 16.2. The molecule has 5 nitrogen and oxygen atoms in total. The second-order valence-electron chi connectivity index (χ2n) is 5.43. The number of aromatic nitrogens is 2. The van der Waals surface area contributed by atoms with Gasteiger partial charge in [0, 0.05) is 18.1 Å². The summed E-state index contributed by atoms with van der Waals surface area (Å²) in [6, 6.07) is 17.5. The van der Waals surface area contributed by atoms with E-state index in [4.69, 9.17) is 9.47 Å². The third-order valence-corrected chi connectivity index (χ3v) is 3.50. The minimum Gasteiger partial charge on any atom is -0.491 e. The quantitative estimate of drug-likeness (QED) is 0.692. The van der Waals surface area contributed by atoms with Crippen molar-refractivity contribution < 1.29 is 14.6 Å². The third-order valence-electron chi connectivity index (χ3n) is 3.50. The van der Waals surface area contributed by atoms with Gasteiger partial charge in [-0.3, -0.25) is 0 Å². The van der Waals surface area contributed by atoms with Crippen molar-refractivity contribution in [3.05, 3.63) is 78.9 Å². The van der Waals surface area contributed by atoms with Gasteiger partial charge < -0.3 is 19.1 Å². The Labute approximate surface area is 141 Å². The molecule has 0 spiro atoms. The van der Waals surface area contributed by atoms with E-state index in [0.717, 1.165) is 11.3 Å². The van der Waals surface area contributed by atoms with Crippen LogP contribution in [0.4, 0.5) is 0 Å². The monoisotopic (exact) mass is 324 g/mol. The molecule has 1 unspecified atom stereocenters. The number of nitrogens with zero attached hydrogens (tertiary/aromatic N) is 2. The van der Waals surface area contributed by atoms with Gasteiger partial charge in [-0.25, -0.2) is 4.98 Å². The molecule has 3 rings (SSSR count). The third kappa shape index (κ3) is 4.68. The lowest BCUT2D eigenvalue weighted by atomic mass is 10.2. The topological polar surface area (TPSA) is 56.5 Å². The van der Waals surface area contributed by atoms with E-state index in [-0.39, 0.29) is 13.2 Å². The predicted molar refractivity (Wildman–Crippen MR) is 91.2 cm³/mol. The van der Waals surface area contributed by atoms with Crippen LogP contribution in [0.25, 0.3) is 5.69 Å². The minimum absolute atomic E-state index is 0.194. The number of aliphatic hydroxyl groups excluding tert-OH is 1. The molecule has 0 amide bonds. The largest absolute Gasteiger partial charge is 0.491 e. The van der Waals surface area contributed by atoms with Gasteiger partial charge in [0.2, 0.25) is 0 Å². The maximum atomic E-state index is 9.93. The predicted octanol–water partition coefficient (Wildman–Crippen LogP) is 2.83. The molecular formula is C19H20N2O3.